The number of aliphatic carboxylic acids is 1. The third kappa shape index (κ3) is 9.08. The summed E-state index contributed by atoms with van der Waals surface area (Å²) >= 11 is 5.90. The molecule has 0 aliphatic carbocycles. The molecule has 1 aliphatic rings. The molecule has 1 atom stereocenters. The lowest BCUT2D eigenvalue weighted by Crippen LogP contribution is -2.46. The van der Waals surface area contributed by atoms with Crippen LogP contribution in [0.15, 0.2) is 42.5 Å². The Bertz CT molecular complexity index is 1030. The number of carbonyl (C=O) groups is 2. The summed E-state index contributed by atoms with van der Waals surface area (Å²) in [6.45, 7) is 4.21. The molecule has 1 heterocycles. The summed E-state index contributed by atoms with van der Waals surface area (Å²) in [5, 5.41) is 29.4. The number of rotatable bonds is 10. The van der Waals surface area contributed by atoms with Gasteiger partial charge in [-0.2, -0.15) is 0 Å². The highest BCUT2D eigenvalue weighted by Gasteiger charge is 2.25. The first-order valence-electron chi connectivity index (χ1n) is 11.5. The van der Waals surface area contributed by atoms with Gasteiger partial charge < -0.3 is 26.6 Å². The van der Waals surface area contributed by atoms with Crippen molar-refractivity contribution in [1.29, 1.82) is 0 Å². The zero-order chi connectivity index (χ0) is 26.7. The van der Waals surface area contributed by atoms with E-state index in [1.807, 2.05) is 29.2 Å². The van der Waals surface area contributed by atoms with E-state index in [1.54, 1.807) is 0 Å². The topological polar surface area (TPSA) is 176 Å². The second kappa shape index (κ2) is 14.3. The number of nitrogens with zero attached hydrogens (tertiary/aromatic N) is 3. The van der Waals surface area contributed by atoms with E-state index >= 15 is 0 Å². The van der Waals surface area contributed by atoms with Crippen LogP contribution in [0.25, 0.3) is 0 Å². The summed E-state index contributed by atoms with van der Waals surface area (Å²) in [6.07, 6.45) is 2.16. The molecule has 0 aromatic heterocycles. The molecule has 1 fully saturated rings. The second-order valence-electron chi connectivity index (χ2n) is 8.38. The summed E-state index contributed by atoms with van der Waals surface area (Å²) in [5.74, 6) is -2.11. The number of nitrogens with two attached hydrogens (primary N) is 2. The van der Waals surface area contributed by atoms with Gasteiger partial charge in [-0.1, -0.05) is 30.2 Å². The van der Waals surface area contributed by atoms with Crippen LogP contribution in [0.4, 0.5) is 11.4 Å². The molecule has 0 saturated carbocycles. The van der Waals surface area contributed by atoms with Gasteiger partial charge in [-0.05, 0) is 49.2 Å². The number of carboxylic acid groups (broad SMARTS) is 2. The van der Waals surface area contributed by atoms with Crippen LogP contribution < -0.4 is 16.4 Å². The monoisotopic (exact) mass is 521 g/mol. The molecular weight excluding hydrogens is 490 g/mol. The molecule has 0 radical (unpaired) electrons. The number of hydrogen-bond donors (Lipinski definition) is 4. The van der Waals surface area contributed by atoms with Crippen LogP contribution in [-0.2, 0) is 11.3 Å². The van der Waals surface area contributed by atoms with Crippen molar-refractivity contribution in [2.45, 2.75) is 31.8 Å². The van der Waals surface area contributed by atoms with Gasteiger partial charge in [0.05, 0.1) is 10.5 Å². The molecule has 1 saturated heterocycles. The van der Waals surface area contributed by atoms with Gasteiger partial charge in [0.25, 0.3) is 5.69 Å². The Morgan fingerprint density at radius 3 is 2.22 bits per heavy atom. The van der Waals surface area contributed by atoms with E-state index in [0.717, 1.165) is 38.5 Å². The largest absolute Gasteiger partial charge is 0.480 e. The first-order valence-corrected chi connectivity index (χ1v) is 11.9. The summed E-state index contributed by atoms with van der Waals surface area (Å²) < 4.78 is 0. The van der Waals surface area contributed by atoms with Gasteiger partial charge in [0.2, 0.25) is 0 Å². The standard InChI is InChI=1S/C18H18ClN3O4.C6H14N2O2/c19-15-4-1-13(2-5-15)12-20-7-9-21(10-8-20)16-6-3-14(18(23)24)11-17(16)22(25)26;7-4-2-1-3-5(8)6(9)10/h1-6,11H,7-10,12H2,(H,23,24);5H,1-4,7-8H2,(H,9,10)/t;5-/m.0/s1. The second-order valence-corrected chi connectivity index (χ2v) is 8.82. The maximum absolute atomic E-state index is 11.3. The molecular formula is C24H32ClN5O6. The van der Waals surface area contributed by atoms with Crippen LogP contribution >= 0.6 is 11.6 Å². The van der Waals surface area contributed by atoms with Crippen LogP contribution in [0.5, 0.6) is 0 Å². The van der Waals surface area contributed by atoms with E-state index in [-0.39, 0.29) is 11.3 Å². The number of nitro groups is 1. The molecule has 0 bridgehead atoms. The Hall–Kier alpha value is -3.25. The van der Waals surface area contributed by atoms with Gasteiger partial charge in [0.1, 0.15) is 11.7 Å². The molecule has 3 rings (SSSR count). The van der Waals surface area contributed by atoms with E-state index in [2.05, 4.69) is 4.90 Å². The Labute approximate surface area is 214 Å². The highest BCUT2D eigenvalue weighted by atomic mass is 35.5. The fraction of sp³-hybridized carbons (Fsp3) is 0.417. The van der Waals surface area contributed by atoms with E-state index in [0.29, 0.717) is 36.8 Å². The number of hydrogen-bond acceptors (Lipinski definition) is 8. The quantitative estimate of drug-likeness (QED) is 0.206. The number of benzene rings is 2. The maximum Gasteiger partial charge on any atom is 0.335 e. The van der Waals surface area contributed by atoms with Crippen molar-refractivity contribution in [3.8, 4) is 0 Å². The molecule has 0 spiro atoms. The number of aromatic carboxylic acids is 1. The minimum atomic E-state index is -1.17. The number of halogens is 1. The van der Waals surface area contributed by atoms with Gasteiger partial charge in [-0.25, -0.2) is 4.79 Å². The highest BCUT2D eigenvalue weighted by Crippen LogP contribution is 2.30. The molecule has 2 aromatic rings. The lowest BCUT2D eigenvalue weighted by molar-refractivity contribution is -0.384. The van der Waals surface area contributed by atoms with Crippen molar-refractivity contribution in [2.24, 2.45) is 11.5 Å². The molecule has 36 heavy (non-hydrogen) atoms. The lowest BCUT2D eigenvalue weighted by Gasteiger charge is -2.35. The molecule has 6 N–H and O–H groups in total. The summed E-state index contributed by atoms with van der Waals surface area (Å²) in [6, 6.07) is 11.0. The van der Waals surface area contributed by atoms with Crippen LogP contribution in [0.3, 0.4) is 0 Å². The van der Waals surface area contributed by atoms with Crippen LogP contribution in [0.1, 0.15) is 35.2 Å². The van der Waals surface area contributed by atoms with E-state index < -0.39 is 22.9 Å². The predicted molar refractivity (Wildman–Crippen MR) is 138 cm³/mol. The molecule has 2 aromatic carbocycles. The Kier molecular flexibility index (Phi) is 11.5. The number of unbranched alkanes of at least 4 members (excludes halogenated alkanes) is 1. The minimum absolute atomic E-state index is 0.0816. The molecule has 0 amide bonds. The third-order valence-electron chi connectivity index (χ3n) is 5.74. The number of anilines is 1. The van der Waals surface area contributed by atoms with Crippen molar-refractivity contribution in [1.82, 2.24) is 4.90 Å². The number of carboxylic acids is 2. The van der Waals surface area contributed by atoms with Gasteiger partial charge >= 0.3 is 11.9 Å². The van der Waals surface area contributed by atoms with Crippen molar-refractivity contribution >= 4 is 34.9 Å². The summed E-state index contributed by atoms with van der Waals surface area (Å²) in [7, 11) is 0. The number of piperazine rings is 1. The fourth-order valence-corrected chi connectivity index (χ4v) is 3.82. The predicted octanol–water partition coefficient (Wildman–Crippen LogP) is 2.80. The smallest absolute Gasteiger partial charge is 0.335 e. The average molecular weight is 522 g/mol. The summed E-state index contributed by atoms with van der Waals surface area (Å²) in [5.41, 5.74) is 11.8. The zero-order valence-corrected chi connectivity index (χ0v) is 20.6. The SMILES string of the molecule is NCCCC[C@H](N)C(=O)O.O=C(O)c1ccc(N2CCN(Cc3ccc(Cl)cc3)CC2)c([N+](=O)[O-])c1. The molecule has 196 valence electrons. The Morgan fingerprint density at radius 2 is 1.69 bits per heavy atom. The normalized spacial score (nSPS) is 14.5. The molecule has 1 aliphatic heterocycles. The lowest BCUT2D eigenvalue weighted by atomic mass is 10.1. The Balaban J connectivity index is 0.000000388. The van der Waals surface area contributed by atoms with Gasteiger partial charge in [0.15, 0.2) is 0 Å². The third-order valence-corrected chi connectivity index (χ3v) is 5.99. The Morgan fingerprint density at radius 1 is 1.06 bits per heavy atom. The first kappa shape index (κ1) is 29.0. The van der Waals surface area contributed by atoms with Crippen molar-refractivity contribution in [3.05, 3.63) is 68.7 Å². The van der Waals surface area contributed by atoms with Crippen molar-refractivity contribution < 1.29 is 24.7 Å². The maximum atomic E-state index is 11.3. The van der Waals surface area contributed by atoms with E-state index in [4.69, 9.17) is 33.3 Å². The average Bonchev–Trinajstić information content (AvgIpc) is 2.86. The molecule has 11 nitrogen and oxygen atoms in total. The van der Waals surface area contributed by atoms with E-state index in [1.165, 1.54) is 17.7 Å². The number of nitro benzene ring substituents is 1. The van der Waals surface area contributed by atoms with Gasteiger partial charge in [-0.15, -0.1) is 0 Å². The highest BCUT2D eigenvalue weighted by molar-refractivity contribution is 6.30. The van der Waals surface area contributed by atoms with Gasteiger partial charge in [0, 0.05) is 43.8 Å². The van der Waals surface area contributed by atoms with Crippen molar-refractivity contribution in [2.75, 3.05) is 37.6 Å². The molecule has 0 unspecified atom stereocenters. The zero-order valence-electron chi connectivity index (χ0n) is 19.9. The van der Waals surface area contributed by atoms with Crippen LogP contribution in [0, 0.1) is 10.1 Å². The van der Waals surface area contributed by atoms with E-state index in [9.17, 15) is 19.7 Å². The fourth-order valence-electron chi connectivity index (χ4n) is 3.70. The molecule has 12 heteroatoms. The van der Waals surface area contributed by atoms with Crippen LogP contribution in [-0.4, -0.2) is 70.7 Å². The van der Waals surface area contributed by atoms with Crippen LogP contribution in [0.2, 0.25) is 5.02 Å². The first-order chi connectivity index (χ1) is 17.1. The van der Waals surface area contributed by atoms with Crippen molar-refractivity contribution in [3.63, 3.8) is 0 Å². The summed E-state index contributed by atoms with van der Waals surface area (Å²) in [4.78, 5) is 36.2. The minimum Gasteiger partial charge on any atom is -0.480 e. The van der Waals surface area contributed by atoms with Gasteiger partial charge in [-0.3, -0.25) is 19.8 Å².